The molecule has 1 heterocycles. The number of carboxylic acid groups (broad SMARTS) is 1. The zero-order valence-corrected chi connectivity index (χ0v) is 16.2. The van der Waals surface area contributed by atoms with Crippen LogP contribution in [0, 0.1) is 18.3 Å². The minimum absolute atomic E-state index is 0.0540. The van der Waals surface area contributed by atoms with Crippen LogP contribution < -0.4 is 5.32 Å². The van der Waals surface area contributed by atoms with Gasteiger partial charge in [-0.25, -0.2) is 0 Å². The van der Waals surface area contributed by atoms with Crippen molar-refractivity contribution in [2.45, 2.75) is 58.9 Å². The molecule has 3 rings (SSSR count). The van der Waals surface area contributed by atoms with Crippen LogP contribution in [0.4, 0.5) is 5.69 Å². The molecule has 1 saturated heterocycles. The summed E-state index contributed by atoms with van der Waals surface area (Å²) >= 11 is 0. The van der Waals surface area contributed by atoms with Crippen molar-refractivity contribution in [1.82, 2.24) is 4.90 Å². The van der Waals surface area contributed by atoms with Gasteiger partial charge in [0, 0.05) is 18.8 Å². The summed E-state index contributed by atoms with van der Waals surface area (Å²) in [5, 5.41) is 12.9. The zero-order valence-electron chi connectivity index (χ0n) is 16.2. The van der Waals surface area contributed by atoms with Gasteiger partial charge in [0.2, 0.25) is 5.91 Å². The van der Waals surface area contributed by atoms with Crippen LogP contribution in [-0.4, -0.2) is 41.0 Å². The maximum atomic E-state index is 12.9. The Bertz CT molecular complexity index is 715. The predicted molar refractivity (Wildman–Crippen MR) is 102 cm³/mol. The van der Waals surface area contributed by atoms with Gasteiger partial charge in [-0.15, -0.1) is 0 Å². The first-order valence-electron chi connectivity index (χ1n) is 9.64. The number of amides is 1. The number of likely N-dealkylation sites (tertiary alicyclic amines) is 1. The number of para-hydroxylation sites is 1. The average molecular weight is 358 g/mol. The molecule has 26 heavy (non-hydrogen) atoms. The summed E-state index contributed by atoms with van der Waals surface area (Å²) in [4.78, 5) is 26.8. The van der Waals surface area contributed by atoms with Crippen LogP contribution in [0.5, 0.6) is 0 Å². The largest absolute Gasteiger partial charge is 0.481 e. The van der Waals surface area contributed by atoms with E-state index in [0.717, 1.165) is 36.1 Å². The monoisotopic (exact) mass is 358 g/mol. The topological polar surface area (TPSA) is 69.6 Å². The van der Waals surface area contributed by atoms with Crippen LogP contribution in [0.25, 0.3) is 0 Å². The number of benzene rings is 1. The molecule has 1 aliphatic carbocycles. The molecule has 1 aliphatic heterocycles. The van der Waals surface area contributed by atoms with E-state index in [-0.39, 0.29) is 17.9 Å². The van der Waals surface area contributed by atoms with E-state index in [0.29, 0.717) is 19.0 Å². The number of nitrogens with zero attached hydrogens (tertiary/aromatic N) is 1. The van der Waals surface area contributed by atoms with E-state index in [1.807, 2.05) is 26.0 Å². The Labute approximate surface area is 155 Å². The Morgan fingerprint density at radius 2 is 2.04 bits per heavy atom. The number of carbonyl (C=O) groups is 2. The van der Waals surface area contributed by atoms with Crippen molar-refractivity contribution in [3.05, 3.63) is 29.3 Å². The van der Waals surface area contributed by atoms with E-state index in [1.54, 1.807) is 0 Å². The second-order valence-corrected chi connectivity index (χ2v) is 8.34. The van der Waals surface area contributed by atoms with E-state index in [4.69, 9.17) is 0 Å². The molecule has 2 fully saturated rings. The molecular weight excluding hydrogens is 328 g/mol. The number of hydrogen-bond acceptors (Lipinski definition) is 3. The molecule has 1 aromatic rings. The van der Waals surface area contributed by atoms with Crippen LogP contribution in [0.2, 0.25) is 0 Å². The molecule has 142 valence electrons. The first-order chi connectivity index (χ1) is 12.3. The molecule has 2 aliphatic rings. The summed E-state index contributed by atoms with van der Waals surface area (Å²) in [6.07, 6.45) is 2.66. The van der Waals surface area contributed by atoms with Gasteiger partial charge in [0.15, 0.2) is 0 Å². The van der Waals surface area contributed by atoms with Crippen LogP contribution in [0.1, 0.15) is 57.1 Å². The van der Waals surface area contributed by atoms with Crippen molar-refractivity contribution in [3.63, 3.8) is 0 Å². The van der Waals surface area contributed by atoms with Gasteiger partial charge < -0.3 is 10.4 Å². The molecule has 1 aromatic carbocycles. The van der Waals surface area contributed by atoms with Gasteiger partial charge in [-0.3, -0.25) is 14.5 Å². The highest BCUT2D eigenvalue weighted by molar-refractivity contribution is 5.96. The number of fused-ring (bicyclic) bond motifs is 1. The minimum atomic E-state index is -0.698. The first kappa shape index (κ1) is 18.9. The zero-order chi connectivity index (χ0) is 19.1. The van der Waals surface area contributed by atoms with Gasteiger partial charge in [-0.1, -0.05) is 38.5 Å². The summed E-state index contributed by atoms with van der Waals surface area (Å²) in [5.41, 5.74) is 2.43. The Kier molecular flexibility index (Phi) is 5.11. The molecule has 1 amide bonds. The fraction of sp³-hybridized carbons (Fsp3) is 0.619. The van der Waals surface area contributed by atoms with E-state index in [9.17, 15) is 14.7 Å². The van der Waals surface area contributed by atoms with Gasteiger partial charge >= 0.3 is 5.97 Å². The molecule has 1 saturated carbocycles. The van der Waals surface area contributed by atoms with Crippen LogP contribution >= 0.6 is 0 Å². The molecule has 3 atom stereocenters. The molecule has 0 radical (unpaired) electrons. The predicted octanol–water partition coefficient (Wildman–Crippen LogP) is 3.63. The van der Waals surface area contributed by atoms with Crippen LogP contribution in [-0.2, 0) is 9.59 Å². The van der Waals surface area contributed by atoms with E-state index < -0.39 is 11.4 Å². The second kappa shape index (κ2) is 7.03. The summed E-state index contributed by atoms with van der Waals surface area (Å²) in [7, 11) is 0. The molecule has 2 N–H and O–H groups in total. The normalized spacial score (nSPS) is 26.7. The SMILES string of the molecule is Cc1cccc(C(C)C)c1NC(=O)C(C)N1C[C@@H]2CCC[C@@]2(C(=O)O)C1. The fourth-order valence-electron chi connectivity index (χ4n) is 4.71. The molecular formula is C21H30N2O3. The lowest BCUT2D eigenvalue weighted by molar-refractivity contribution is -0.149. The molecule has 5 heteroatoms. The van der Waals surface area contributed by atoms with Crippen molar-refractivity contribution >= 4 is 17.6 Å². The van der Waals surface area contributed by atoms with Gasteiger partial charge in [0.05, 0.1) is 11.5 Å². The maximum Gasteiger partial charge on any atom is 0.311 e. The Balaban J connectivity index is 1.75. The molecule has 0 bridgehead atoms. The van der Waals surface area contributed by atoms with Crippen molar-refractivity contribution in [3.8, 4) is 0 Å². The average Bonchev–Trinajstić information content (AvgIpc) is 3.13. The van der Waals surface area contributed by atoms with Gasteiger partial charge in [-0.2, -0.15) is 0 Å². The maximum absolute atomic E-state index is 12.9. The Hall–Kier alpha value is -1.88. The number of carbonyl (C=O) groups excluding carboxylic acids is 1. The standard InChI is InChI=1S/C21H30N2O3/c1-13(2)17-9-5-7-14(3)18(17)22-19(24)15(4)23-11-16-8-6-10-21(16,12-23)20(25)26/h5,7,9,13,15-16H,6,8,10-12H2,1-4H3,(H,22,24)(H,25,26)/t15?,16-,21+/m0/s1. The third kappa shape index (κ3) is 3.13. The third-order valence-electron chi connectivity index (χ3n) is 6.43. The van der Waals surface area contributed by atoms with Crippen molar-refractivity contribution in [2.75, 3.05) is 18.4 Å². The number of nitrogens with one attached hydrogen (secondary N) is 1. The van der Waals surface area contributed by atoms with Gasteiger partial charge in [0.1, 0.15) is 0 Å². The molecule has 0 aromatic heterocycles. The summed E-state index contributed by atoms with van der Waals surface area (Å²) in [6, 6.07) is 5.74. The summed E-state index contributed by atoms with van der Waals surface area (Å²) in [6.45, 7) is 9.31. The van der Waals surface area contributed by atoms with Crippen molar-refractivity contribution < 1.29 is 14.7 Å². The number of aliphatic carboxylic acids is 1. The van der Waals surface area contributed by atoms with Gasteiger partial charge in [-0.05, 0) is 49.7 Å². The van der Waals surface area contributed by atoms with Crippen molar-refractivity contribution in [1.29, 1.82) is 0 Å². The minimum Gasteiger partial charge on any atom is -0.481 e. The number of carboxylic acids is 1. The first-order valence-corrected chi connectivity index (χ1v) is 9.64. The lowest BCUT2D eigenvalue weighted by Gasteiger charge is -2.27. The van der Waals surface area contributed by atoms with Gasteiger partial charge in [0.25, 0.3) is 0 Å². The van der Waals surface area contributed by atoms with E-state index >= 15 is 0 Å². The number of aryl methyl sites for hydroxylation is 1. The van der Waals surface area contributed by atoms with Crippen molar-refractivity contribution in [2.24, 2.45) is 11.3 Å². The lowest BCUT2D eigenvalue weighted by atomic mass is 9.81. The van der Waals surface area contributed by atoms with E-state index in [1.165, 1.54) is 0 Å². The number of anilines is 1. The second-order valence-electron chi connectivity index (χ2n) is 8.34. The highest BCUT2D eigenvalue weighted by Gasteiger charge is 2.55. The Morgan fingerprint density at radius 1 is 1.31 bits per heavy atom. The quantitative estimate of drug-likeness (QED) is 0.843. The highest BCUT2D eigenvalue weighted by Crippen LogP contribution is 2.49. The molecule has 5 nitrogen and oxygen atoms in total. The highest BCUT2D eigenvalue weighted by atomic mass is 16.4. The van der Waals surface area contributed by atoms with E-state index in [2.05, 4.69) is 30.1 Å². The summed E-state index contributed by atoms with van der Waals surface area (Å²) < 4.78 is 0. The number of rotatable bonds is 5. The summed E-state index contributed by atoms with van der Waals surface area (Å²) in [5.74, 6) is -0.264. The number of hydrogen-bond donors (Lipinski definition) is 2. The molecule has 1 unspecified atom stereocenters. The molecule has 0 spiro atoms. The third-order valence-corrected chi connectivity index (χ3v) is 6.43. The fourth-order valence-corrected chi connectivity index (χ4v) is 4.71. The van der Waals surface area contributed by atoms with Crippen LogP contribution in [0.15, 0.2) is 18.2 Å². The van der Waals surface area contributed by atoms with Crippen LogP contribution in [0.3, 0.4) is 0 Å². The Morgan fingerprint density at radius 3 is 2.65 bits per heavy atom. The smallest absolute Gasteiger partial charge is 0.311 e. The lowest BCUT2D eigenvalue weighted by Crippen LogP contribution is -2.43.